The normalized spacial score (nSPS) is 10.9. The lowest BCUT2D eigenvalue weighted by Crippen LogP contribution is -2.20. The number of benzene rings is 1. The molecule has 0 aliphatic carbocycles. The molecule has 0 unspecified atom stereocenters. The molecule has 0 fully saturated rings. The molecule has 0 aliphatic rings. The van der Waals surface area contributed by atoms with E-state index in [1.807, 2.05) is 24.1 Å². The maximum absolute atomic E-state index is 12.9. The van der Waals surface area contributed by atoms with Crippen molar-refractivity contribution >= 4 is 11.5 Å². The number of hydrogen-bond acceptors (Lipinski definition) is 4. The Balaban J connectivity index is 1.99. The van der Waals surface area contributed by atoms with Crippen molar-refractivity contribution in [2.45, 2.75) is 20.4 Å². The monoisotopic (exact) mass is 288 g/mol. The SMILES string of the molecule is CC(C)CNCc1ccc(N(C)c2ccc(F)cc2)nn1. The Labute approximate surface area is 125 Å². The minimum atomic E-state index is -0.246. The first kappa shape index (κ1) is 15.4. The number of rotatable bonds is 6. The second-order valence-electron chi connectivity index (χ2n) is 5.44. The summed E-state index contributed by atoms with van der Waals surface area (Å²) >= 11 is 0. The predicted molar refractivity (Wildman–Crippen MR) is 83.0 cm³/mol. The summed E-state index contributed by atoms with van der Waals surface area (Å²) in [5, 5.41) is 11.8. The summed E-state index contributed by atoms with van der Waals surface area (Å²) in [4.78, 5) is 1.87. The molecule has 112 valence electrons. The van der Waals surface area contributed by atoms with E-state index in [2.05, 4.69) is 29.4 Å². The second-order valence-corrected chi connectivity index (χ2v) is 5.44. The molecule has 0 saturated carbocycles. The summed E-state index contributed by atoms with van der Waals surface area (Å²) in [6, 6.07) is 10.2. The first-order valence-corrected chi connectivity index (χ1v) is 7.09. The quantitative estimate of drug-likeness (QED) is 0.886. The molecule has 0 bridgehead atoms. The molecule has 1 aromatic heterocycles. The minimum Gasteiger partial charge on any atom is -0.328 e. The van der Waals surface area contributed by atoms with Crippen molar-refractivity contribution in [3.8, 4) is 0 Å². The molecular weight excluding hydrogens is 267 g/mol. The van der Waals surface area contributed by atoms with Gasteiger partial charge in [-0.1, -0.05) is 13.8 Å². The molecule has 0 saturated heterocycles. The van der Waals surface area contributed by atoms with Crippen LogP contribution in [0.4, 0.5) is 15.9 Å². The summed E-state index contributed by atoms with van der Waals surface area (Å²) in [6.07, 6.45) is 0. The molecule has 1 N–H and O–H groups in total. The van der Waals surface area contributed by atoms with Crippen LogP contribution in [0.2, 0.25) is 0 Å². The first-order valence-electron chi connectivity index (χ1n) is 7.09. The molecule has 0 amide bonds. The molecule has 2 rings (SSSR count). The summed E-state index contributed by atoms with van der Waals surface area (Å²) in [5.41, 5.74) is 1.78. The van der Waals surface area contributed by atoms with Crippen LogP contribution in [0.5, 0.6) is 0 Å². The van der Waals surface area contributed by atoms with Crippen molar-refractivity contribution in [1.29, 1.82) is 0 Å². The van der Waals surface area contributed by atoms with Crippen molar-refractivity contribution in [2.24, 2.45) is 5.92 Å². The Morgan fingerprint density at radius 2 is 1.81 bits per heavy atom. The van der Waals surface area contributed by atoms with Gasteiger partial charge in [0.25, 0.3) is 0 Å². The van der Waals surface area contributed by atoms with Crippen LogP contribution in [-0.2, 0) is 6.54 Å². The summed E-state index contributed by atoms with van der Waals surface area (Å²) in [7, 11) is 1.88. The molecule has 0 aliphatic heterocycles. The smallest absolute Gasteiger partial charge is 0.155 e. The fourth-order valence-electron chi connectivity index (χ4n) is 1.91. The molecule has 1 heterocycles. The Hall–Kier alpha value is -2.01. The van der Waals surface area contributed by atoms with Gasteiger partial charge in [-0.25, -0.2) is 4.39 Å². The van der Waals surface area contributed by atoms with Crippen LogP contribution < -0.4 is 10.2 Å². The van der Waals surface area contributed by atoms with Gasteiger partial charge in [-0.3, -0.25) is 0 Å². The van der Waals surface area contributed by atoms with Crippen molar-refractivity contribution < 1.29 is 4.39 Å². The Kier molecular flexibility index (Phi) is 5.22. The van der Waals surface area contributed by atoms with Crippen molar-refractivity contribution in [3.63, 3.8) is 0 Å². The topological polar surface area (TPSA) is 41.0 Å². The van der Waals surface area contributed by atoms with Gasteiger partial charge in [0.05, 0.1) is 5.69 Å². The lowest BCUT2D eigenvalue weighted by atomic mass is 10.2. The number of nitrogens with zero attached hydrogens (tertiary/aromatic N) is 3. The second kappa shape index (κ2) is 7.13. The van der Waals surface area contributed by atoms with Crippen LogP contribution in [0.15, 0.2) is 36.4 Å². The van der Waals surface area contributed by atoms with E-state index in [-0.39, 0.29) is 5.82 Å². The van der Waals surface area contributed by atoms with Crippen LogP contribution in [0.3, 0.4) is 0 Å². The number of aromatic nitrogens is 2. The highest BCUT2D eigenvalue weighted by atomic mass is 19.1. The fraction of sp³-hybridized carbons (Fsp3) is 0.375. The lowest BCUT2D eigenvalue weighted by molar-refractivity contribution is 0.546. The van der Waals surface area contributed by atoms with E-state index in [9.17, 15) is 4.39 Å². The fourth-order valence-corrected chi connectivity index (χ4v) is 1.91. The van der Waals surface area contributed by atoms with Crippen LogP contribution in [0, 0.1) is 11.7 Å². The molecule has 1 aromatic carbocycles. The van der Waals surface area contributed by atoms with Crippen LogP contribution in [0.1, 0.15) is 19.5 Å². The Morgan fingerprint density at radius 1 is 1.10 bits per heavy atom. The number of halogens is 1. The highest BCUT2D eigenvalue weighted by molar-refractivity contribution is 5.58. The summed E-state index contributed by atoms with van der Waals surface area (Å²) in [6.45, 7) is 6.00. The molecule has 5 heteroatoms. The van der Waals surface area contributed by atoms with Crippen molar-refractivity contribution in [3.05, 3.63) is 47.9 Å². The van der Waals surface area contributed by atoms with E-state index in [0.717, 1.165) is 23.7 Å². The van der Waals surface area contributed by atoms with Gasteiger partial charge < -0.3 is 10.2 Å². The first-order chi connectivity index (χ1) is 10.1. The Morgan fingerprint density at radius 3 is 2.38 bits per heavy atom. The Bertz CT molecular complexity index is 551. The molecule has 2 aromatic rings. The average molecular weight is 288 g/mol. The highest BCUT2D eigenvalue weighted by Gasteiger charge is 2.06. The van der Waals surface area contributed by atoms with Crippen LogP contribution >= 0.6 is 0 Å². The summed E-state index contributed by atoms with van der Waals surface area (Å²) < 4.78 is 12.9. The third-order valence-electron chi connectivity index (χ3n) is 3.12. The molecule has 0 spiro atoms. The maximum atomic E-state index is 12.9. The lowest BCUT2D eigenvalue weighted by Gasteiger charge is -2.17. The molecule has 0 radical (unpaired) electrons. The largest absolute Gasteiger partial charge is 0.328 e. The third kappa shape index (κ3) is 4.49. The van der Waals surface area contributed by atoms with E-state index in [1.165, 1.54) is 12.1 Å². The highest BCUT2D eigenvalue weighted by Crippen LogP contribution is 2.20. The standard InChI is InChI=1S/C16H21FN4/c1-12(2)10-18-11-14-6-9-16(20-19-14)21(3)15-7-4-13(17)5-8-15/h4-9,12,18H,10-11H2,1-3H3. The molecule has 4 nitrogen and oxygen atoms in total. The van der Waals surface area contributed by atoms with E-state index in [0.29, 0.717) is 12.5 Å². The zero-order valence-electron chi connectivity index (χ0n) is 12.7. The third-order valence-corrected chi connectivity index (χ3v) is 3.12. The minimum absolute atomic E-state index is 0.246. The molecule has 21 heavy (non-hydrogen) atoms. The number of anilines is 2. The number of nitrogens with one attached hydrogen (secondary N) is 1. The van der Waals surface area contributed by atoms with Gasteiger partial charge in [-0.2, -0.15) is 5.10 Å². The van der Waals surface area contributed by atoms with E-state index < -0.39 is 0 Å². The average Bonchev–Trinajstić information content (AvgIpc) is 2.48. The zero-order chi connectivity index (χ0) is 15.2. The van der Waals surface area contributed by atoms with E-state index in [4.69, 9.17) is 0 Å². The zero-order valence-corrected chi connectivity index (χ0v) is 12.7. The van der Waals surface area contributed by atoms with Gasteiger partial charge in [-0.15, -0.1) is 5.10 Å². The van der Waals surface area contributed by atoms with Crippen molar-refractivity contribution in [1.82, 2.24) is 15.5 Å². The molecular formula is C16H21FN4. The van der Waals surface area contributed by atoms with Crippen molar-refractivity contribution in [2.75, 3.05) is 18.5 Å². The predicted octanol–water partition coefficient (Wildman–Crippen LogP) is 3.13. The molecule has 0 atom stereocenters. The van der Waals surface area contributed by atoms with Crippen LogP contribution in [0.25, 0.3) is 0 Å². The number of hydrogen-bond donors (Lipinski definition) is 1. The van der Waals surface area contributed by atoms with E-state index in [1.54, 1.807) is 12.1 Å². The van der Waals surface area contributed by atoms with E-state index >= 15 is 0 Å². The van der Waals surface area contributed by atoms with Crippen LogP contribution in [-0.4, -0.2) is 23.8 Å². The van der Waals surface area contributed by atoms with Gasteiger partial charge in [0.2, 0.25) is 0 Å². The van der Waals surface area contributed by atoms with Gasteiger partial charge >= 0.3 is 0 Å². The van der Waals surface area contributed by atoms with Gasteiger partial charge in [0, 0.05) is 19.3 Å². The van der Waals surface area contributed by atoms with Gasteiger partial charge in [0.1, 0.15) is 5.82 Å². The maximum Gasteiger partial charge on any atom is 0.155 e. The summed E-state index contributed by atoms with van der Waals surface area (Å²) in [5.74, 6) is 1.10. The van der Waals surface area contributed by atoms with Gasteiger partial charge in [-0.05, 0) is 48.9 Å². The van der Waals surface area contributed by atoms with Gasteiger partial charge in [0.15, 0.2) is 5.82 Å².